The SMILES string of the molecule is O=C1CCCN1c1ccc2c(c1)C(c1cccnc1)=NC2. The summed E-state index contributed by atoms with van der Waals surface area (Å²) < 4.78 is 0. The van der Waals surface area contributed by atoms with E-state index in [0.29, 0.717) is 13.0 Å². The van der Waals surface area contributed by atoms with E-state index in [1.165, 1.54) is 5.56 Å². The highest BCUT2D eigenvalue weighted by molar-refractivity contribution is 6.15. The molecule has 1 saturated heterocycles. The van der Waals surface area contributed by atoms with Crippen molar-refractivity contribution in [3.05, 3.63) is 59.4 Å². The molecule has 0 unspecified atom stereocenters. The van der Waals surface area contributed by atoms with Gasteiger partial charge in [0.1, 0.15) is 0 Å². The lowest BCUT2D eigenvalue weighted by molar-refractivity contribution is -0.117. The van der Waals surface area contributed by atoms with E-state index in [1.54, 1.807) is 6.20 Å². The molecule has 0 spiro atoms. The van der Waals surface area contributed by atoms with E-state index in [-0.39, 0.29) is 5.91 Å². The lowest BCUT2D eigenvalue weighted by atomic mass is 10.0. The second-order valence-electron chi connectivity index (χ2n) is 5.40. The average Bonchev–Trinajstić information content (AvgIpc) is 3.13. The van der Waals surface area contributed by atoms with Crippen LogP contribution in [-0.4, -0.2) is 23.1 Å². The Labute approximate surface area is 123 Å². The van der Waals surface area contributed by atoms with Gasteiger partial charge in [-0.15, -0.1) is 0 Å². The van der Waals surface area contributed by atoms with Gasteiger partial charge < -0.3 is 4.90 Å². The van der Waals surface area contributed by atoms with E-state index in [1.807, 2.05) is 29.3 Å². The van der Waals surface area contributed by atoms with Gasteiger partial charge in [0.15, 0.2) is 0 Å². The fourth-order valence-electron chi connectivity index (χ4n) is 3.01. The van der Waals surface area contributed by atoms with Gasteiger partial charge in [0.2, 0.25) is 5.91 Å². The minimum Gasteiger partial charge on any atom is -0.312 e. The molecule has 0 radical (unpaired) electrons. The Morgan fingerprint density at radius 3 is 2.90 bits per heavy atom. The van der Waals surface area contributed by atoms with Gasteiger partial charge in [-0.05, 0) is 36.2 Å². The molecule has 4 rings (SSSR count). The molecule has 1 amide bonds. The van der Waals surface area contributed by atoms with Crippen molar-refractivity contribution in [2.75, 3.05) is 11.4 Å². The van der Waals surface area contributed by atoms with Crippen molar-refractivity contribution in [1.29, 1.82) is 0 Å². The molecule has 4 nitrogen and oxygen atoms in total. The van der Waals surface area contributed by atoms with Crippen LogP contribution in [0.3, 0.4) is 0 Å². The quantitative estimate of drug-likeness (QED) is 0.847. The molecule has 1 aromatic carbocycles. The molecule has 0 bridgehead atoms. The summed E-state index contributed by atoms with van der Waals surface area (Å²) in [6, 6.07) is 10.2. The van der Waals surface area contributed by atoms with Gasteiger partial charge in [-0.1, -0.05) is 6.07 Å². The first kappa shape index (κ1) is 12.3. The molecule has 0 N–H and O–H groups in total. The van der Waals surface area contributed by atoms with Gasteiger partial charge in [-0.25, -0.2) is 0 Å². The molecule has 0 saturated carbocycles. The number of hydrogen-bond donors (Lipinski definition) is 0. The maximum Gasteiger partial charge on any atom is 0.227 e. The number of carbonyl (C=O) groups is 1. The summed E-state index contributed by atoms with van der Waals surface area (Å²) in [7, 11) is 0. The number of pyridine rings is 1. The molecular weight excluding hydrogens is 262 g/mol. The van der Waals surface area contributed by atoms with Gasteiger partial charge in [0, 0.05) is 42.2 Å². The molecule has 3 heterocycles. The molecule has 2 aliphatic rings. The minimum absolute atomic E-state index is 0.216. The number of aromatic nitrogens is 1. The number of anilines is 1. The van der Waals surface area contributed by atoms with Crippen LogP contribution in [0.2, 0.25) is 0 Å². The number of aliphatic imine (C=N–C) groups is 1. The van der Waals surface area contributed by atoms with Crippen molar-refractivity contribution in [1.82, 2.24) is 4.98 Å². The second kappa shape index (κ2) is 4.81. The predicted molar refractivity (Wildman–Crippen MR) is 81.6 cm³/mol. The molecular formula is C17H15N3O. The van der Waals surface area contributed by atoms with Crippen molar-refractivity contribution in [2.45, 2.75) is 19.4 Å². The fraction of sp³-hybridized carbons (Fsp3) is 0.235. The summed E-state index contributed by atoms with van der Waals surface area (Å²) in [5.41, 5.74) is 5.33. The Balaban J connectivity index is 1.75. The maximum absolute atomic E-state index is 11.9. The van der Waals surface area contributed by atoms with Crippen LogP contribution in [0, 0.1) is 0 Å². The Hall–Kier alpha value is -2.49. The van der Waals surface area contributed by atoms with Crippen LogP contribution in [0.15, 0.2) is 47.7 Å². The molecule has 2 aromatic rings. The third kappa shape index (κ3) is 2.03. The van der Waals surface area contributed by atoms with Crippen LogP contribution in [0.25, 0.3) is 0 Å². The smallest absolute Gasteiger partial charge is 0.227 e. The molecule has 0 atom stereocenters. The highest BCUT2D eigenvalue weighted by Gasteiger charge is 2.24. The van der Waals surface area contributed by atoms with Crippen LogP contribution in [0.5, 0.6) is 0 Å². The number of amides is 1. The summed E-state index contributed by atoms with van der Waals surface area (Å²) in [5.74, 6) is 0.216. The zero-order valence-corrected chi connectivity index (χ0v) is 11.6. The number of carbonyl (C=O) groups excluding carboxylic acids is 1. The topological polar surface area (TPSA) is 45.6 Å². The average molecular weight is 277 g/mol. The number of fused-ring (bicyclic) bond motifs is 1. The Bertz CT molecular complexity index is 737. The zero-order valence-electron chi connectivity index (χ0n) is 11.6. The standard InChI is InChI=1S/C17H15N3O/c21-16-4-2-8-20(16)14-6-5-12-11-19-17(15(12)9-14)13-3-1-7-18-10-13/h1,3,5-7,9-10H,2,4,8,11H2. The van der Waals surface area contributed by atoms with Crippen LogP contribution in [-0.2, 0) is 11.3 Å². The molecule has 2 aliphatic heterocycles. The number of nitrogens with zero attached hydrogens (tertiary/aromatic N) is 3. The Morgan fingerprint density at radius 2 is 2.14 bits per heavy atom. The van der Waals surface area contributed by atoms with Crippen LogP contribution >= 0.6 is 0 Å². The summed E-state index contributed by atoms with van der Waals surface area (Å²) in [4.78, 5) is 22.6. The van der Waals surface area contributed by atoms with Crippen LogP contribution in [0.4, 0.5) is 5.69 Å². The largest absolute Gasteiger partial charge is 0.312 e. The monoisotopic (exact) mass is 277 g/mol. The highest BCUT2D eigenvalue weighted by atomic mass is 16.2. The first-order valence-electron chi connectivity index (χ1n) is 7.21. The molecule has 4 heteroatoms. The number of rotatable bonds is 2. The maximum atomic E-state index is 11.9. The minimum atomic E-state index is 0.216. The first-order valence-corrected chi connectivity index (χ1v) is 7.21. The third-order valence-corrected chi connectivity index (χ3v) is 4.08. The van der Waals surface area contributed by atoms with Gasteiger partial charge in [0.05, 0.1) is 12.3 Å². The predicted octanol–water partition coefficient (Wildman–Crippen LogP) is 2.56. The summed E-state index contributed by atoms with van der Waals surface area (Å²) in [6.45, 7) is 1.52. The van der Waals surface area contributed by atoms with Gasteiger partial charge >= 0.3 is 0 Å². The normalized spacial score (nSPS) is 17.0. The van der Waals surface area contributed by atoms with Crippen molar-refractivity contribution in [2.24, 2.45) is 4.99 Å². The molecule has 104 valence electrons. The van der Waals surface area contributed by atoms with E-state index >= 15 is 0 Å². The van der Waals surface area contributed by atoms with Crippen LogP contribution < -0.4 is 4.90 Å². The molecule has 1 aromatic heterocycles. The molecule has 1 fully saturated rings. The lowest BCUT2D eigenvalue weighted by Gasteiger charge is -2.17. The van der Waals surface area contributed by atoms with E-state index in [2.05, 4.69) is 22.1 Å². The highest BCUT2D eigenvalue weighted by Crippen LogP contribution is 2.29. The third-order valence-electron chi connectivity index (χ3n) is 4.08. The molecule has 0 aliphatic carbocycles. The van der Waals surface area contributed by atoms with Crippen molar-refractivity contribution in [3.8, 4) is 0 Å². The Kier molecular flexibility index (Phi) is 2.81. The van der Waals surface area contributed by atoms with Crippen molar-refractivity contribution >= 4 is 17.3 Å². The summed E-state index contributed by atoms with van der Waals surface area (Å²) >= 11 is 0. The number of benzene rings is 1. The summed E-state index contributed by atoms with van der Waals surface area (Å²) in [5, 5.41) is 0. The van der Waals surface area contributed by atoms with Gasteiger partial charge in [-0.2, -0.15) is 0 Å². The summed E-state index contributed by atoms with van der Waals surface area (Å²) in [6.07, 6.45) is 5.20. The van der Waals surface area contributed by atoms with Crippen molar-refractivity contribution < 1.29 is 4.79 Å². The van der Waals surface area contributed by atoms with E-state index < -0.39 is 0 Å². The fourth-order valence-corrected chi connectivity index (χ4v) is 3.01. The lowest BCUT2D eigenvalue weighted by Crippen LogP contribution is -2.23. The van der Waals surface area contributed by atoms with Gasteiger partial charge in [0.25, 0.3) is 0 Å². The Morgan fingerprint density at radius 1 is 1.19 bits per heavy atom. The number of hydrogen-bond acceptors (Lipinski definition) is 3. The van der Waals surface area contributed by atoms with Gasteiger partial charge in [-0.3, -0.25) is 14.8 Å². The van der Waals surface area contributed by atoms with E-state index in [4.69, 9.17) is 0 Å². The first-order chi connectivity index (χ1) is 10.3. The zero-order chi connectivity index (χ0) is 14.2. The second-order valence-corrected chi connectivity index (χ2v) is 5.40. The van der Waals surface area contributed by atoms with E-state index in [9.17, 15) is 4.79 Å². The van der Waals surface area contributed by atoms with E-state index in [0.717, 1.165) is 35.5 Å². The molecule has 21 heavy (non-hydrogen) atoms. The van der Waals surface area contributed by atoms with Crippen molar-refractivity contribution in [3.63, 3.8) is 0 Å². The van der Waals surface area contributed by atoms with Crippen LogP contribution in [0.1, 0.15) is 29.5 Å².